The van der Waals surface area contributed by atoms with Crippen molar-refractivity contribution in [2.75, 3.05) is 33.7 Å². The summed E-state index contributed by atoms with van der Waals surface area (Å²) in [6.07, 6.45) is 1.45. The quantitative estimate of drug-likeness (QED) is 0.720. The molecular formula is C10H20N2O2. The topological polar surface area (TPSA) is 43.8 Å². The molecule has 1 fully saturated rings. The van der Waals surface area contributed by atoms with Crippen LogP contribution in [0.2, 0.25) is 0 Å². The predicted molar refractivity (Wildman–Crippen MR) is 55.4 cm³/mol. The molecule has 0 aliphatic carbocycles. The molecule has 1 saturated heterocycles. The van der Waals surface area contributed by atoms with Crippen molar-refractivity contribution < 1.29 is 9.90 Å². The number of carbonyl (C=O) groups is 1. The molecule has 1 N–H and O–H groups in total. The molecule has 4 nitrogen and oxygen atoms in total. The molecule has 0 amide bonds. The van der Waals surface area contributed by atoms with Crippen molar-refractivity contribution in [3.8, 4) is 0 Å². The first-order chi connectivity index (χ1) is 6.53. The van der Waals surface area contributed by atoms with Crippen molar-refractivity contribution in [3.05, 3.63) is 0 Å². The van der Waals surface area contributed by atoms with E-state index in [0.29, 0.717) is 0 Å². The van der Waals surface area contributed by atoms with E-state index in [1.165, 1.54) is 0 Å². The molecule has 4 heteroatoms. The number of carboxylic acid groups (broad SMARTS) is 1. The van der Waals surface area contributed by atoms with Gasteiger partial charge in [-0.05, 0) is 33.5 Å². The summed E-state index contributed by atoms with van der Waals surface area (Å²) in [4.78, 5) is 15.4. The van der Waals surface area contributed by atoms with Crippen molar-refractivity contribution in [1.82, 2.24) is 9.80 Å². The summed E-state index contributed by atoms with van der Waals surface area (Å²) >= 11 is 0. The van der Waals surface area contributed by atoms with Crippen LogP contribution in [0.25, 0.3) is 0 Å². The lowest BCUT2D eigenvalue weighted by atomic mass is 9.86. The third-order valence-corrected chi connectivity index (χ3v) is 3.38. The van der Waals surface area contributed by atoms with Crippen LogP contribution in [0.1, 0.15) is 19.8 Å². The van der Waals surface area contributed by atoms with Gasteiger partial charge >= 0.3 is 5.97 Å². The van der Waals surface area contributed by atoms with Crippen LogP contribution in [-0.2, 0) is 4.79 Å². The maximum Gasteiger partial charge on any atom is 0.324 e. The van der Waals surface area contributed by atoms with Gasteiger partial charge in [0.15, 0.2) is 0 Å². The normalized spacial score (nSPS) is 22.6. The lowest BCUT2D eigenvalue weighted by Crippen LogP contribution is -2.57. The highest BCUT2D eigenvalue weighted by atomic mass is 16.4. The molecule has 14 heavy (non-hydrogen) atoms. The minimum absolute atomic E-state index is 0.633. The molecule has 0 aromatic rings. The Labute approximate surface area is 85.5 Å². The van der Waals surface area contributed by atoms with Gasteiger partial charge in [-0.3, -0.25) is 9.69 Å². The highest BCUT2D eigenvalue weighted by Crippen LogP contribution is 2.27. The minimum atomic E-state index is -0.682. The van der Waals surface area contributed by atoms with Gasteiger partial charge in [-0.15, -0.1) is 0 Å². The van der Waals surface area contributed by atoms with E-state index < -0.39 is 11.5 Å². The van der Waals surface area contributed by atoms with E-state index in [-0.39, 0.29) is 0 Å². The Kier molecular flexibility index (Phi) is 3.50. The molecule has 0 unspecified atom stereocenters. The second kappa shape index (κ2) is 4.28. The SMILES string of the molecule is CCN1CCC(C(=O)O)(N(C)C)CC1. The van der Waals surface area contributed by atoms with E-state index in [4.69, 9.17) is 0 Å². The Morgan fingerprint density at radius 3 is 2.21 bits per heavy atom. The van der Waals surface area contributed by atoms with E-state index in [1.54, 1.807) is 0 Å². The van der Waals surface area contributed by atoms with Crippen molar-refractivity contribution >= 4 is 5.97 Å². The average molecular weight is 200 g/mol. The van der Waals surface area contributed by atoms with Gasteiger partial charge in [-0.25, -0.2) is 0 Å². The van der Waals surface area contributed by atoms with Gasteiger partial charge in [0.05, 0.1) is 0 Å². The second-order valence-corrected chi connectivity index (χ2v) is 4.17. The van der Waals surface area contributed by atoms with Crippen LogP contribution < -0.4 is 0 Å². The van der Waals surface area contributed by atoms with Gasteiger partial charge in [0.1, 0.15) is 5.54 Å². The van der Waals surface area contributed by atoms with Gasteiger partial charge in [0, 0.05) is 13.1 Å². The van der Waals surface area contributed by atoms with Crippen molar-refractivity contribution in [3.63, 3.8) is 0 Å². The summed E-state index contributed by atoms with van der Waals surface area (Å²) in [5.41, 5.74) is -0.633. The van der Waals surface area contributed by atoms with Crippen LogP contribution >= 0.6 is 0 Å². The molecule has 82 valence electrons. The number of likely N-dealkylation sites (N-methyl/N-ethyl adjacent to an activating group) is 1. The second-order valence-electron chi connectivity index (χ2n) is 4.17. The summed E-state index contributed by atoms with van der Waals surface area (Å²) in [6.45, 7) is 4.91. The number of hydrogen-bond acceptors (Lipinski definition) is 3. The van der Waals surface area contributed by atoms with Crippen molar-refractivity contribution in [2.45, 2.75) is 25.3 Å². The van der Waals surface area contributed by atoms with Crippen LogP contribution in [0.3, 0.4) is 0 Å². The first-order valence-corrected chi connectivity index (χ1v) is 5.16. The van der Waals surface area contributed by atoms with E-state index >= 15 is 0 Å². The number of aliphatic carboxylic acids is 1. The summed E-state index contributed by atoms with van der Waals surface area (Å²) < 4.78 is 0. The highest BCUT2D eigenvalue weighted by Gasteiger charge is 2.43. The summed E-state index contributed by atoms with van der Waals surface area (Å²) in [5, 5.41) is 9.26. The first-order valence-electron chi connectivity index (χ1n) is 5.16. The largest absolute Gasteiger partial charge is 0.480 e. The van der Waals surface area contributed by atoms with Crippen LogP contribution in [-0.4, -0.2) is 60.1 Å². The van der Waals surface area contributed by atoms with Gasteiger partial charge in [-0.2, -0.15) is 0 Å². The Morgan fingerprint density at radius 1 is 1.43 bits per heavy atom. The zero-order chi connectivity index (χ0) is 10.8. The van der Waals surface area contributed by atoms with Crippen LogP contribution in [0, 0.1) is 0 Å². The van der Waals surface area contributed by atoms with Crippen LogP contribution in [0.15, 0.2) is 0 Å². The lowest BCUT2D eigenvalue weighted by molar-refractivity contribution is -0.153. The van der Waals surface area contributed by atoms with Crippen LogP contribution in [0.4, 0.5) is 0 Å². The van der Waals surface area contributed by atoms with Crippen molar-refractivity contribution in [2.24, 2.45) is 0 Å². The molecule has 1 heterocycles. The molecule has 1 rings (SSSR count). The standard InChI is InChI=1S/C10H20N2O2/c1-4-12-7-5-10(6-8-12,9(13)14)11(2)3/h4-8H2,1-3H3,(H,13,14). The maximum absolute atomic E-state index is 11.3. The molecule has 0 saturated carbocycles. The molecule has 0 aromatic carbocycles. The van der Waals surface area contributed by atoms with E-state index in [9.17, 15) is 9.90 Å². The number of hydrogen-bond donors (Lipinski definition) is 1. The van der Waals surface area contributed by atoms with Gasteiger partial charge < -0.3 is 10.0 Å². The lowest BCUT2D eigenvalue weighted by Gasteiger charge is -2.42. The fourth-order valence-electron chi connectivity index (χ4n) is 2.09. The third-order valence-electron chi connectivity index (χ3n) is 3.38. The molecule has 0 bridgehead atoms. The predicted octanol–water partition coefficient (Wildman–Crippen LogP) is 0.487. The van der Waals surface area contributed by atoms with E-state index in [2.05, 4.69) is 11.8 Å². The highest BCUT2D eigenvalue weighted by molar-refractivity contribution is 5.78. The molecular weight excluding hydrogens is 180 g/mol. The average Bonchev–Trinajstić information content (AvgIpc) is 2.17. The summed E-state index contributed by atoms with van der Waals surface area (Å²) in [5.74, 6) is -0.682. The fourth-order valence-corrected chi connectivity index (χ4v) is 2.09. The van der Waals surface area contributed by atoms with E-state index in [0.717, 1.165) is 32.5 Å². The molecule has 1 aliphatic heterocycles. The third kappa shape index (κ3) is 1.91. The molecule has 1 aliphatic rings. The number of rotatable bonds is 3. The first kappa shape index (κ1) is 11.5. The molecule has 0 aromatic heterocycles. The minimum Gasteiger partial charge on any atom is -0.480 e. The van der Waals surface area contributed by atoms with E-state index in [1.807, 2.05) is 19.0 Å². The Morgan fingerprint density at radius 2 is 1.93 bits per heavy atom. The maximum atomic E-state index is 11.3. The zero-order valence-electron chi connectivity index (χ0n) is 9.29. The summed E-state index contributed by atoms with van der Waals surface area (Å²) in [7, 11) is 3.71. The van der Waals surface area contributed by atoms with Crippen LogP contribution in [0.5, 0.6) is 0 Å². The Bertz CT molecular complexity index is 208. The van der Waals surface area contributed by atoms with Gasteiger partial charge in [0.2, 0.25) is 0 Å². The van der Waals surface area contributed by atoms with Gasteiger partial charge in [0.25, 0.3) is 0 Å². The summed E-state index contributed by atoms with van der Waals surface area (Å²) in [6, 6.07) is 0. The number of nitrogens with zero attached hydrogens (tertiary/aromatic N) is 2. The molecule has 0 radical (unpaired) electrons. The number of piperidine rings is 1. The zero-order valence-corrected chi connectivity index (χ0v) is 9.29. The Hall–Kier alpha value is -0.610. The monoisotopic (exact) mass is 200 g/mol. The number of likely N-dealkylation sites (tertiary alicyclic amines) is 1. The number of carboxylic acids is 1. The van der Waals surface area contributed by atoms with Crippen molar-refractivity contribution in [1.29, 1.82) is 0 Å². The molecule has 0 spiro atoms. The van der Waals surface area contributed by atoms with Gasteiger partial charge in [-0.1, -0.05) is 6.92 Å². The molecule has 0 atom stereocenters. The smallest absolute Gasteiger partial charge is 0.324 e. The fraction of sp³-hybridized carbons (Fsp3) is 0.900. The Balaban J connectivity index is 2.70.